The number of amides is 5. The molecule has 404 valence electrons. The summed E-state index contributed by atoms with van der Waals surface area (Å²) >= 11 is 0. The van der Waals surface area contributed by atoms with Gasteiger partial charge in [0, 0.05) is 38.0 Å². The third-order valence-electron chi connectivity index (χ3n) is 12.0. The van der Waals surface area contributed by atoms with Crippen LogP contribution in [0.25, 0.3) is 21.9 Å². The number of pyridine rings is 1. The van der Waals surface area contributed by atoms with Crippen LogP contribution in [0.15, 0.2) is 109 Å². The molecule has 17 nitrogen and oxygen atoms in total. The summed E-state index contributed by atoms with van der Waals surface area (Å²) in [6.07, 6.45) is 1.55. The van der Waals surface area contributed by atoms with E-state index in [2.05, 4.69) is 55.8 Å². The number of carbonyl (C=O) groups excluding carboxylic acids is 7. The molecule has 0 unspecified atom stereocenters. The van der Waals surface area contributed by atoms with Crippen LogP contribution in [-0.4, -0.2) is 94.9 Å². The van der Waals surface area contributed by atoms with Gasteiger partial charge in [-0.05, 0) is 138 Å². The number of benzene rings is 4. The van der Waals surface area contributed by atoms with E-state index >= 15 is 0 Å². The van der Waals surface area contributed by atoms with Crippen LogP contribution in [-0.2, 0) is 51.1 Å². The van der Waals surface area contributed by atoms with Crippen molar-refractivity contribution in [3.63, 3.8) is 0 Å². The largest absolute Gasteiger partial charge is 0.460 e. The van der Waals surface area contributed by atoms with Crippen molar-refractivity contribution < 1.29 is 52.5 Å². The van der Waals surface area contributed by atoms with Gasteiger partial charge in [-0.15, -0.1) is 0 Å². The predicted molar refractivity (Wildman–Crippen MR) is 288 cm³/mol. The smallest absolute Gasteiger partial charge is 0.407 e. The molecule has 0 bridgehead atoms. The summed E-state index contributed by atoms with van der Waals surface area (Å²) in [5.41, 5.74) is 3.44. The normalized spacial score (nSPS) is 13.4. The second kappa shape index (κ2) is 25.6. The number of esters is 3. The lowest BCUT2D eigenvalue weighted by Crippen LogP contribution is -2.53. The molecule has 5 aromatic rings. The van der Waals surface area contributed by atoms with Crippen LogP contribution in [0.5, 0.6) is 0 Å². The Labute approximate surface area is 445 Å². The molecular formula is C59H72N6O11. The average Bonchev–Trinajstić information content (AvgIpc) is 3.67. The van der Waals surface area contributed by atoms with Crippen LogP contribution in [0.4, 0.5) is 9.59 Å². The highest BCUT2D eigenvalue weighted by atomic mass is 16.6. The highest BCUT2D eigenvalue weighted by Gasteiger charge is 2.33. The lowest BCUT2D eigenvalue weighted by Gasteiger charge is -2.27. The molecule has 0 saturated heterocycles. The number of nitrogens with one attached hydrogen (secondary N) is 5. The van der Waals surface area contributed by atoms with Crippen molar-refractivity contribution in [2.75, 3.05) is 13.2 Å². The fourth-order valence-corrected chi connectivity index (χ4v) is 8.59. The molecule has 4 aromatic carbocycles. The maximum atomic E-state index is 14.0. The third kappa shape index (κ3) is 17.7. The Morgan fingerprint density at radius 1 is 0.579 bits per heavy atom. The van der Waals surface area contributed by atoms with E-state index in [4.69, 9.17) is 18.9 Å². The molecule has 1 aliphatic carbocycles. The van der Waals surface area contributed by atoms with E-state index in [9.17, 15) is 33.6 Å². The number of fused-ring (bicyclic) bond motifs is 4. The van der Waals surface area contributed by atoms with Crippen molar-refractivity contribution in [1.82, 2.24) is 31.6 Å². The first-order chi connectivity index (χ1) is 35.9. The number of urea groups is 1. The van der Waals surface area contributed by atoms with Gasteiger partial charge in [-0.1, -0.05) is 97.1 Å². The molecule has 6 rings (SSSR count). The zero-order valence-corrected chi connectivity index (χ0v) is 45.0. The minimum atomic E-state index is -1.24. The standard InChI is InChI=1S/C59H72N6O11/c1-57(2,3)74-50(66)30-29-48(54(70)76-59(7,8)9)65-55(71)64-47(53(69)75-58(4,5)6)24-16-17-31-60-51(67)49(33-37-25-27-39-18-10-11-19-40(39)32-37)63-52(68)46-28-26-38(34-61-46)35-62-56(72)73-36-45-43-22-14-12-20-41(43)42-21-13-15-23-44(42)45/h10-15,18-23,25-28,32,34,45,47-49H,16-17,24,29-31,33,35-36H2,1-9H3,(H,60,67)(H,62,72)(H,63,68)(H2,64,65,71)/t47-,48-,49-/m0/s1. The minimum absolute atomic E-state index is 0.0615. The number of ether oxygens (including phenoxy) is 4. The number of carbonyl (C=O) groups is 7. The first-order valence-corrected chi connectivity index (χ1v) is 25.8. The molecule has 5 N–H and O–H groups in total. The van der Waals surface area contributed by atoms with Crippen LogP contribution in [0.3, 0.4) is 0 Å². The van der Waals surface area contributed by atoms with Crippen LogP contribution in [0.2, 0.25) is 0 Å². The first-order valence-electron chi connectivity index (χ1n) is 25.8. The SMILES string of the molecule is CC(C)(C)OC(=O)CC[C@H](NC(=O)N[C@@H](CCCCNC(=O)[C@H](Cc1ccc2ccccc2c1)NC(=O)c1ccc(CNC(=O)OCC2c3ccccc3-c3ccccc32)cn1)C(=O)OC(C)(C)C)C(=O)OC(C)(C)C. The topological polar surface area (TPSA) is 229 Å². The molecule has 5 amide bonds. The Bertz CT molecular complexity index is 2820. The van der Waals surface area contributed by atoms with Gasteiger partial charge in [0.2, 0.25) is 5.91 Å². The summed E-state index contributed by atoms with van der Waals surface area (Å²) in [5, 5.41) is 15.7. The monoisotopic (exact) mass is 1040 g/mol. The second-order valence-electron chi connectivity index (χ2n) is 21.8. The van der Waals surface area contributed by atoms with Crippen LogP contribution in [0, 0.1) is 0 Å². The van der Waals surface area contributed by atoms with Crippen molar-refractivity contribution in [3.05, 3.63) is 137 Å². The van der Waals surface area contributed by atoms with Crippen molar-refractivity contribution in [2.24, 2.45) is 0 Å². The Hall–Kier alpha value is -7.82. The molecule has 17 heteroatoms. The lowest BCUT2D eigenvalue weighted by atomic mass is 9.98. The van der Waals surface area contributed by atoms with E-state index < -0.39 is 76.8 Å². The lowest BCUT2D eigenvalue weighted by molar-refractivity contribution is -0.159. The Kier molecular flexibility index (Phi) is 19.4. The average molecular weight is 1040 g/mol. The highest BCUT2D eigenvalue weighted by Crippen LogP contribution is 2.44. The Balaban J connectivity index is 1.04. The number of hydrogen-bond donors (Lipinski definition) is 5. The molecule has 0 spiro atoms. The second-order valence-corrected chi connectivity index (χ2v) is 21.8. The molecule has 0 radical (unpaired) electrons. The maximum absolute atomic E-state index is 14.0. The first kappa shape index (κ1) is 57.5. The van der Waals surface area contributed by atoms with Gasteiger partial charge in [0.1, 0.15) is 47.2 Å². The Morgan fingerprint density at radius 3 is 1.74 bits per heavy atom. The number of alkyl carbamates (subject to hydrolysis) is 1. The van der Waals surface area contributed by atoms with Crippen molar-refractivity contribution in [3.8, 4) is 11.1 Å². The number of rotatable bonds is 21. The van der Waals surface area contributed by atoms with Gasteiger partial charge in [-0.3, -0.25) is 19.4 Å². The van der Waals surface area contributed by atoms with E-state index in [0.717, 1.165) is 38.6 Å². The summed E-state index contributed by atoms with van der Waals surface area (Å²) in [5.74, 6) is -3.16. The van der Waals surface area contributed by atoms with Gasteiger partial charge >= 0.3 is 30.0 Å². The fraction of sp³-hybridized carbons (Fsp3) is 0.424. The van der Waals surface area contributed by atoms with Gasteiger partial charge in [0.15, 0.2) is 0 Å². The number of hydrogen-bond acceptors (Lipinski definition) is 12. The van der Waals surface area contributed by atoms with Gasteiger partial charge in [0.25, 0.3) is 5.91 Å². The molecule has 1 heterocycles. The van der Waals surface area contributed by atoms with Gasteiger partial charge in [-0.2, -0.15) is 0 Å². The van der Waals surface area contributed by atoms with E-state index in [-0.39, 0.29) is 57.0 Å². The summed E-state index contributed by atoms with van der Waals surface area (Å²) < 4.78 is 22.2. The molecule has 1 aromatic heterocycles. The van der Waals surface area contributed by atoms with E-state index in [0.29, 0.717) is 18.4 Å². The molecule has 1 aliphatic rings. The molecule has 0 saturated carbocycles. The maximum Gasteiger partial charge on any atom is 0.407 e. The summed E-state index contributed by atoms with van der Waals surface area (Å²) in [4.78, 5) is 97.5. The van der Waals surface area contributed by atoms with Gasteiger partial charge < -0.3 is 45.5 Å². The summed E-state index contributed by atoms with van der Waals surface area (Å²) in [7, 11) is 0. The van der Waals surface area contributed by atoms with Gasteiger partial charge in [0.05, 0.1) is 0 Å². The van der Waals surface area contributed by atoms with Crippen molar-refractivity contribution in [2.45, 2.75) is 148 Å². The summed E-state index contributed by atoms with van der Waals surface area (Å²) in [6.45, 7) is 15.7. The van der Waals surface area contributed by atoms with Gasteiger partial charge in [-0.25, -0.2) is 19.2 Å². The van der Waals surface area contributed by atoms with E-state index in [1.165, 1.54) is 12.3 Å². The summed E-state index contributed by atoms with van der Waals surface area (Å²) in [6, 6.07) is 28.7. The quantitative estimate of drug-likeness (QED) is 0.0264. The third-order valence-corrected chi connectivity index (χ3v) is 12.0. The van der Waals surface area contributed by atoms with E-state index in [1.807, 2.05) is 66.7 Å². The van der Waals surface area contributed by atoms with E-state index in [1.54, 1.807) is 68.4 Å². The van der Waals surface area contributed by atoms with Crippen LogP contribution >= 0.6 is 0 Å². The van der Waals surface area contributed by atoms with Crippen LogP contribution < -0.4 is 26.6 Å². The zero-order valence-electron chi connectivity index (χ0n) is 45.0. The fourth-order valence-electron chi connectivity index (χ4n) is 8.59. The highest BCUT2D eigenvalue weighted by molar-refractivity contribution is 5.96. The number of nitrogens with zero attached hydrogens (tertiary/aromatic N) is 1. The number of unbranched alkanes of at least 4 members (excludes halogenated alkanes) is 1. The minimum Gasteiger partial charge on any atom is -0.460 e. The molecule has 76 heavy (non-hydrogen) atoms. The Morgan fingerprint density at radius 2 is 1.14 bits per heavy atom. The number of aromatic nitrogens is 1. The molecule has 0 aliphatic heterocycles. The van der Waals surface area contributed by atoms with Crippen LogP contribution in [0.1, 0.15) is 133 Å². The zero-order chi connectivity index (χ0) is 55.2. The van der Waals surface area contributed by atoms with Crippen molar-refractivity contribution in [1.29, 1.82) is 0 Å². The van der Waals surface area contributed by atoms with Crippen molar-refractivity contribution >= 4 is 52.6 Å². The molecule has 0 fully saturated rings. The predicted octanol–water partition coefficient (Wildman–Crippen LogP) is 8.74. The molecule has 3 atom stereocenters. The molecular weight excluding hydrogens is 969 g/mol.